The van der Waals surface area contributed by atoms with Crippen molar-refractivity contribution in [1.82, 2.24) is 4.90 Å². The van der Waals surface area contributed by atoms with Gasteiger partial charge < -0.3 is 10.1 Å². The van der Waals surface area contributed by atoms with Gasteiger partial charge in [-0.3, -0.25) is 29.9 Å². The first kappa shape index (κ1) is 23.9. The summed E-state index contributed by atoms with van der Waals surface area (Å²) in [5.41, 5.74) is 1.11. The number of ether oxygens (including phenoxy) is 1. The van der Waals surface area contributed by atoms with Gasteiger partial charge in [-0.1, -0.05) is 36.4 Å². The number of non-ortho nitro benzene ring substituents is 1. The molecular formula is C25H21BrN4O6. The van der Waals surface area contributed by atoms with Crippen LogP contribution in [0.5, 0.6) is 5.75 Å². The van der Waals surface area contributed by atoms with Gasteiger partial charge in [-0.05, 0) is 52.3 Å². The lowest BCUT2D eigenvalue weighted by molar-refractivity contribution is -0.534. The molecule has 184 valence electrons. The number of hydrogen-bond donors (Lipinski definition) is 1. The first-order valence-corrected chi connectivity index (χ1v) is 11.9. The van der Waals surface area contributed by atoms with Gasteiger partial charge in [0, 0.05) is 34.9 Å². The van der Waals surface area contributed by atoms with Crippen molar-refractivity contribution < 1.29 is 19.4 Å². The topological polar surface area (TPSA) is 128 Å². The molecule has 0 aromatic heterocycles. The van der Waals surface area contributed by atoms with Crippen molar-refractivity contribution in [3.63, 3.8) is 0 Å². The minimum atomic E-state index is -1.41. The summed E-state index contributed by atoms with van der Waals surface area (Å²) in [5.74, 6) is -0.455. The molecule has 1 N–H and O–H groups in total. The largest absolute Gasteiger partial charge is 0.488 e. The van der Waals surface area contributed by atoms with Crippen LogP contribution in [0.3, 0.4) is 0 Å². The molecule has 0 aliphatic carbocycles. The zero-order chi connectivity index (χ0) is 25.6. The second kappa shape index (κ2) is 8.99. The van der Waals surface area contributed by atoms with Crippen molar-refractivity contribution in [2.45, 2.75) is 24.1 Å². The van der Waals surface area contributed by atoms with E-state index in [1.54, 1.807) is 66.5 Å². The van der Waals surface area contributed by atoms with Crippen LogP contribution in [-0.2, 0) is 16.9 Å². The molecule has 3 aromatic carbocycles. The van der Waals surface area contributed by atoms with E-state index < -0.39 is 28.3 Å². The van der Waals surface area contributed by atoms with Crippen LogP contribution in [0.2, 0.25) is 0 Å². The number of hydrogen-bond acceptors (Lipinski definition) is 7. The Morgan fingerprint density at radius 2 is 1.89 bits per heavy atom. The lowest BCUT2D eigenvalue weighted by Gasteiger charge is -2.30. The van der Waals surface area contributed by atoms with Crippen molar-refractivity contribution in [2.75, 3.05) is 18.9 Å². The number of likely N-dealkylation sites (tertiary alicyclic amines) is 1. The number of anilines is 1. The number of carbonyl (C=O) groups excluding carboxylic acids is 1. The normalized spacial score (nSPS) is 22.9. The number of nitrogens with one attached hydrogen (secondary N) is 1. The maximum atomic E-state index is 13.2. The Hall–Kier alpha value is -3.83. The molecular weight excluding hydrogens is 532 g/mol. The highest BCUT2D eigenvalue weighted by Crippen LogP contribution is 2.52. The van der Waals surface area contributed by atoms with E-state index in [0.29, 0.717) is 39.1 Å². The molecule has 2 aliphatic heterocycles. The predicted molar refractivity (Wildman–Crippen MR) is 134 cm³/mol. The summed E-state index contributed by atoms with van der Waals surface area (Å²) >= 11 is 3.49. The summed E-state index contributed by atoms with van der Waals surface area (Å²) in [6, 6.07) is 17.3. The molecule has 36 heavy (non-hydrogen) atoms. The van der Waals surface area contributed by atoms with E-state index in [4.69, 9.17) is 4.74 Å². The van der Waals surface area contributed by atoms with Crippen LogP contribution in [0.15, 0.2) is 71.2 Å². The summed E-state index contributed by atoms with van der Waals surface area (Å²) in [6.07, 6.45) is 0. The molecule has 2 heterocycles. The monoisotopic (exact) mass is 552 g/mol. The Balaban J connectivity index is 1.44. The summed E-state index contributed by atoms with van der Waals surface area (Å²) in [4.78, 5) is 37.6. The lowest BCUT2D eigenvalue weighted by Crippen LogP contribution is -2.54. The van der Waals surface area contributed by atoms with Crippen LogP contribution < -0.4 is 10.1 Å². The SMILES string of the molecule is CN1C[C@H](c2ccc(OCc3cccc([N+](=O)[O-])c3)c(Br)c2)[C@@H]([N+](=O)[O-])[C@@]12C(=O)Nc1ccccc12. The molecule has 1 spiro atoms. The van der Waals surface area contributed by atoms with E-state index in [0.717, 1.165) is 0 Å². The molecule has 0 saturated carbocycles. The first-order valence-electron chi connectivity index (χ1n) is 11.1. The minimum absolute atomic E-state index is 0.0202. The summed E-state index contributed by atoms with van der Waals surface area (Å²) < 4.78 is 6.44. The van der Waals surface area contributed by atoms with E-state index in [1.807, 2.05) is 0 Å². The lowest BCUT2D eigenvalue weighted by atomic mass is 9.79. The fourth-order valence-electron chi connectivity index (χ4n) is 5.37. The molecule has 0 radical (unpaired) electrons. The van der Waals surface area contributed by atoms with Gasteiger partial charge in [0.05, 0.1) is 15.3 Å². The molecule has 1 saturated heterocycles. The summed E-state index contributed by atoms with van der Waals surface area (Å²) in [6.45, 7) is 0.428. The van der Waals surface area contributed by atoms with Crippen molar-refractivity contribution in [1.29, 1.82) is 0 Å². The van der Waals surface area contributed by atoms with Crippen molar-refractivity contribution >= 4 is 33.2 Å². The summed E-state index contributed by atoms with van der Waals surface area (Å²) in [7, 11) is 1.74. The number of nitrogens with zero attached hydrogens (tertiary/aromatic N) is 3. The zero-order valence-electron chi connectivity index (χ0n) is 19.1. The molecule has 11 heteroatoms. The Kier molecular flexibility index (Phi) is 5.97. The maximum absolute atomic E-state index is 13.2. The minimum Gasteiger partial charge on any atom is -0.488 e. The van der Waals surface area contributed by atoms with Crippen LogP contribution in [0.4, 0.5) is 11.4 Å². The van der Waals surface area contributed by atoms with Gasteiger partial charge in [0.25, 0.3) is 17.6 Å². The Labute approximate surface area is 214 Å². The maximum Gasteiger partial charge on any atom is 0.269 e. The highest BCUT2D eigenvalue weighted by atomic mass is 79.9. The third-order valence-corrected chi connectivity index (χ3v) is 7.56. The molecule has 1 amide bonds. The van der Waals surface area contributed by atoms with E-state index in [1.165, 1.54) is 12.1 Å². The number of nitro groups is 2. The molecule has 2 aliphatic rings. The number of likely N-dealkylation sites (N-methyl/N-ethyl adjacent to an activating group) is 1. The van der Waals surface area contributed by atoms with Gasteiger partial charge in [-0.2, -0.15) is 0 Å². The highest BCUT2D eigenvalue weighted by molar-refractivity contribution is 9.10. The molecule has 10 nitrogen and oxygen atoms in total. The van der Waals surface area contributed by atoms with Crippen LogP contribution in [0, 0.1) is 20.2 Å². The van der Waals surface area contributed by atoms with Crippen LogP contribution in [-0.4, -0.2) is 40.3 Å². The average molecular weight is 553 g/mol. The number of halogens is 1. The average Bonchev–Trinajstić information content (AvgIpc) is 3.33. The number of rotatable bonds is 6. The van der Waals surface area contributed by atoms with E-state index in [2.05, 4.69) is 21.2 Å². The fourth-order valence-corrected chi connectivity index (χ4v) is 5.88. The molecule has 1 fully saturated rings. The van der Waals surface area contributed by atoms with Gasteiger partial charge in [-0.25, -0.2) is 0 Å². The second-order valence-electron chi connectivity index (χ2n) is 8.89. The number of para-hydroxylation sites is 1. The van der Waals surface area contributed by atoms with Gasteiger partial charge in [-0.15, -0.1) is 0 Å². The molecule has 3 atom stereocenters. The second-order valence-corrected chi connectivity index (χ2v) is 9.74. The Bertz CT molecular complexity index is 1400. The van der Waals surface area contributed by atoms with Crippen LogP contribution in [0.1, 0.15) is 22.6 Å². The quantitative estimate of drug-likeness (QED) is 0.353. The standard InChI is InChI=1S/C25H21BrN4O6/c1-28-13-18(23(30(34)35)25(28)19-7-2-3-8-21(19)27-24(25)31)16-9-10-22(20(26)12-16)36-14-15-5-4-6-17(11-15)29(32)33/h2-12,18,23H,13-14H2,1H3,(H,27,31)/t18-,23-,25+/m1/s1. The van der Waals surface area contributed by atoms with Crippen LogP contribution >= 0.6 is 15.9 Å². The summed E-state index contributed by atoms with van der Waals surface area (Å²) in [5, 5.41) is 26.3. The molecule has 5 rings (SSSR count). The van der Waals surface area contributed by atoms with Gasteiger partial charge in [0.2, 0.25) is 0 Å². The third kappa shape index (κ3) is 3.71. The fraction of sp³-hybridized carbons (Fsp3) is 0.240. The molecule has 0 bridgehead atoms. The van der Waals surface area contributed by atoms with Crippen molar-refractivity contribution in [3.05, 3.63) is 108 Å². The van der Waals surface area contributed by atoms with Crippen LogP contribution in [0.25, 0.3) is 0 Å². The third-order valence-electron chi connectivity index (χ3n) is 6.94. The highest BCUT2D eigenvalue weighted by Gasteiger charge is 2.68. The van der Waals surface area contributed by atoms with E-state index in [9.17, 15) is 25.0 Å². The van der Waals surface area contributed by atoms with Gasteiger partial charge >= 0.3 is 0 Å². The van der Waals surface area contributed by atoms with Gasteiger partial charge in [0.1, 0.15) is 12.4 Å². The van der Waals surface area contributed by atoms with Gasteiger partial charge in [0.15, 0.2) is 5.54 Å². The number of amides is 1. The Morgan fingerprint density at radius 1 is 1.11 bits per heavy atom. The van der Waals surface area contributed by atoms with Crippen molar-refractivity contribution in [2.24, 2.45) is 0 Å². The number of fused-ring (bicyclic) bond motifs is 2. The Morgan fingerprint density at radius 3 is 2.61 bits per heavy atom. The molecule has 0 unspecified atom stereocenters. The zero-order valence-corrected chi connectivity index (χ0v) is 20.7. The smallest absolute Gasteiger partial charge is 0.269 e. The molecule has 3 aromatic rings. The number of nitro benzene ring substituents is 1. The van der Waals surface area contributed by atoms with E-state index >= 15 is 0 Å². The predicted octanol–water partition coefficient (Wildman–Crippen LogP) is 4.46. The number of carbonyl (C=O) groups is 1. The number of benzene rings is 3. The van der Waals surface area contributed by atoms with E-state index in [-0.39, 0.29) is 17.2 Å². The van der Waals surface area contributed by atoms with Crippen molar-refractivity contribution in [3.8, 4) is 5.75 Å². The first-order chi connectivity index (χ1) is 17.2.